The number of aliphatic carboxylic acids is 1. The Morgan fingerprint density at radius 1 is 1.32 bits per heavy atom. The van der Waals surface area contributed by atoms with Gasteiger partial charge in [0.25, 0.3) is 0 Å². The Labute approximate surface area is 130 Å². The molecule has 1 fully saturated rings. The quantitative estimate of drug-likeness (QED) is 0.846. The van der Waals surface area contributed by atoms with Gasteiger partial charge in [0.15, 0.2) is 0 Å². The highest BCUT2D eigenvalue weighted by Crippen LogP contribution is 2.23. The second-order valence-electron chi connectivity index (χ2n) is 5.83. The standard InChI is InChI=1S/C17H23NO4/c1-12-4-2-3-5-14(12)15(11-17(20)21)18-16(19)10-13-6-8-22-9-7-13/h2-5,13,15H,6-11H2,1H3,(H,18,19)(H,20,21). The summed E-state index contributed by atoms with van der Waals surface area (Å²) in [6.07, 6.45) is 2.11. The number of carbonyl (C=O) groups is 2. The smallest absolute Gasteiger partial charge is 0.305 e. The van der Waals surface area contributed by atoms with E-state index in [0.29, 0.717) is 25.6 Å². The molecule has 1 aliphatic rings. The summed E-state index contributed by atoms with van der Waals surface area (Å²) in [6.45, 7) is 3.33. The molecule has 2 rings (SSSR count). The van der Waals surface area contributed by atoms with Crippen molar-refractivity contribution in [1.29, 1.82) is 0 Å². The highest BCUT2D eigenvalue weighted by atomic mass is 16.5. The molecule has 5 nitrogen and oxygen atoms in total. The van der Waals surface area contributed by atoms with Gasteiger partial charge in [0.2, 0.25) is 5.91 Å². The Kier molecular flexibility index (Phi) is 5.95. The first-order valence-corrected chi connectivity index (χ1v) is 7.70. The summed E-state index contributed by atoms with van der Waals surface area (Å²) in [6, 6.07) is 7.08. The molecule has 1 heterocycles. The number of ether oxygens (including phenoxy) is 1. The van der Waals surface area contributed by atoms with Gasteiger partial charge < -0.3 is 15.2 Å². The van der Waals surface area contributed by atoms with E-state index >= 15 is 0 Å². The summed E-state index contributed by atoms with van der Waals surface area (Å²) in [5, 5.41) is 12.0. The normalized spacial score (nSPS) is 17.0. The van der Waals surface area contributed by atoms with Gasteiger partial charge in [0.05, 0.1) is 12.5 Å². The third-order valence-corrected chi connectivity index (χ3v) is 4.09. The lowest BCUT2D eigenvalue weighted by Gasteiger charge is -2.24. The maximum absolute atomic E-state index is 12.2. The predicted molar refractivity (Wildman–Crippen MR) is 82.5 cm³/mol. The zero-order chi connectivity index (χ0) is 15.9. The maximum atomic E-state index is 12.2. The molecule has 0 bridgehead atoms. The fourth-order valence-corrected chi connectivity index (χ4v) is 2.86. The van der Waals surface area contributed by atoms with E-state index in [1.165, 1.54) is 0 Å². The molecule has 5 heteroatoms. The summed E-state index contributed by atoms with van der Waals surface area (Å²) >= 11 is 0. The lowest BCUT2D eigenvalue weighted by Crippen LogP contribution is -2.32. The molecule has 2 N–H and O–H groups in total. The van der Waals surface area contributed by atoms with Crippen molar-refractivity contribution in [1.82, 2.24) is 5.32 Å². The molecule has 120 valence electrons. The minimum Gasteiger partial charge on any atom is -0.481 e. The molecular weight excluding hydrogens is 282 g/mol. The largest absolute Gasteiger partial charge is 0.481 e. The molecule has 1 aromatic rings. The Morgan fingerprint density at radius 3 is 2.64 bits per heavy atom. The molecule has 0 aliphatic carbocycles. The van der Waals surface area contributed by atoms with Crippen LogP contribution in [-0.4, -0.2) is 30.2 Å². The summed E-state index contributed by atoms with van der Waals surface area (Å²) < 4.78 is 5.29. The zero-order valence-electron chi connectivity index (χ0n) is 12.9. The number of nitrogens with one attached hydrogen (secondary N) is 1. The van der Waals surface area contributed by atoms with Gasteiger partial charge in [0, 0.05) is 19.6 Å². The fourth-order valence-electron chi connectivity index (χ4n) is 2.86. The van der Waals surface area contributed by atoms with Crippen molar-refractivity contribution in [2.24, 2.45) is 5.92 Å². The first-order valence-electron chi connectivity index (χ1n) is 7.70. The number of carbonyl (C=O) groups excluding carboxylic acids is 1. The van der Waals surface area contributed by atoms with Crippen LogP contribution in [0.25, 0.3) is 0 Å². The maximum Gasteiger partial charge on any atom is 0.305 e. The average molecular weight is 305 g/mol. The monoisotopic (exact) mass is 305 g/mol. The van der Waals surface area contributed by atoms with E-state index in [4.69, 9.17) is 9.84 Å². The van der Waals surface area contributed by atoms with Crippen molar-refractivity contribution >= 4 is 11.9 Å². The molecule has 0 radical (unpaired) electrons. The van der Waals surface area contributed by atoms with Crippen molar-refractivity contribution in [2.75, 3.05) is 13.2 Å². The van der Waals surface area contributed by atoms with E-state index in [9.17, 15) is 9.59 Å². The van der Waals surface area contributed by atoms with Crippen molar-refractivity contribution in [3.8, 4) is 0 Å². The molecule has 0 aromatic heterocycles. The van der Waals surface area contributed by atoms with Crippen LogP contribution < -0.4 is 5.32 Å². The van der Waals surface area contributed by atoms with Crippen LogP contribution in [0.4, 0.5) is 0 Å². The number of rotatable bonds is 6. The van der Waals surface area contributed by atoms with Gasteiger partial charge in [-0.05, 0) is 36.8 Å². The second-order valence-corrected chi connectivity index (χ2v) is 5.83. The Bertz CT molecular complexity index is 523. The van der Waals surface area contributed by atoms with E-state index < -0.39 is 12.0 Å². The minimum atomic E-state index is -0.917. The molecule has 1 unspecified atom stereocenters. The van der Waals surface area contributed by atoms with Gasteiger partial charge in [-0.15, -0.1) is 0 Å². The third kappa shape index (κ3) is 4.84. The Morgan fingerprint density at radius 2 is 2.00 bits per heavy atom. The molecule has 1 atom stereocenters. The van der Waals surface area contributed by atoms with Crippen LogP contribution in [0.15, 0.2) is 24.3 Å². The predicted octanol–water partition coefficient (Wildman–Crippen LogP) is 2.44. The number of hydrogen-bond acceptors (Lipinski definition) is 3. The number of hydrogen-bond donors (Lipinski definition) is 2. The highest BCUT2D eigenvalue weighted by Gasteiger charge is 2.22. The van der Waals surface area contributed by atoms with Crippen molar-refractivity contribution in [2.45, 2.75) is 38.6 Å². The fraction of sp³-hybridized carbons (Fsp3) is 0.529. The third-order valence-electron chi connectivity index (χ3n) is 4.09. The van der Waals surface area contributed by atoms with Gasteiger partial charge >= 0.3 is 5.97 Å². The lowest BCUT2D eigenvalue weighted by atomic mass is 9.95. The van der Waals surface area contributed by atoms with Crippen LogP contribution in [0, 0.1) is 12.8 Å². The molecule has 0 spiro atoms. The summed E-state index contributed by atoms with van der Waals surface area (Å²) in [5.74, 6) is -0.669. The highest BCUT2D eigenvalue weighted by molar-refractivity contribution is 5.78. The number of aryl methyl sites for hydroxylation is 1. The van der Waals surface area contributed by atoms with Crippen molar-refractivity contribution in [3.05, 3.63) is 35.4 Å². The number of benzene rings is 1. The summed E-state index contributed by atoms with van der Waals surface area (Å²) in [5.41, 5.74) is 1.85. The van der Waals surface area contributed by atoms with Crippen LogP contribution in [0.2, 0.25) is 0 Å². The second kappa shape index (κ2) is 7.94. The van der Waals surface area contributed by atoms with Crippen molar-refractivity contribution < 1.29 is 19.4 Å². The number of carboxylic acids is 1. The molecule has 1 aromatic carbocycles. The van der Waals surface area contributed by atoms with Gasteiger partial charge in [-0.3, -0.25) is 9.59 Å². The van der Waals surface area contributed by atoms with E-state index in [1.807, 2.05) is 31.2 Å². The first kappa shape index (κ1) is 16.5. The number of amides is 1. The molecular formula is C17H23NO4. The Balaban J connectivity index is 2.01. The van der Waals surface area contributed by atoms with Crippen LogP contribution in [0.5, 0.6) is 0 Å². The molecule has 1 amide bonds. The summed E-state index contributed by atoms with van der Waals surface area (Å²) in [4.78, 5) is 23.3. The van der Waals surface area contributed by atoms with Gasteiger partial charge in [-0.25, -0.2) is 0 Å². The SMILES string of the molecule is Cc1ccccc1C(CC(=O)O)NC(=O)CC1CCOCC1. The van der Waals surface area contributed by atoms with Crippen LogP contribution in [0.1, 0.15) is 42.9 Å². The van der Waals surface area contributed by atoms with Gasteiger partial charge in [-0.2, -0.15) is 0 Å². The molecule has 0 saturated carbocycles. The topological polar surface area (TPSA) is 75.6 Å². The molecule has 22 heavy (non-hydrogen) atoms. The van der Waals surface area contributed by atoms with E-state index in [2.05, 4.69) is 5.32 Å². The zero-order valence-corrected chi connectivity index (χ0v) is 12.9. The van der Waals surface area contributed by atoms with Crippen LogP contribution >= 0.6 is 0 Å². The van der Waals surface area contributed by atoms with E-state index in [1.54, 1.807) is 0 Å². The van der Waals surface area contributed by atoms with Crippen molar-refractivity contribution in [3.63, 3.8) is 0 Å². The molecule has 1 aliphatic heterocycles. The summed E-state index contributed by atoms with van der Waals surface area (Å²) in [7, 11) is 0. The van der Waals surface area contributed by atoms with E-state index in [0.717, 1.165) is 24.0 Å². The van der Waals surface area contributed by atoms with E-state index in [-0.39, 0.29) is 12.3 Å². The van der Waals surface area contributed by atoms with Gasteiger partial charge in [0.1, 0.15) is 0 Å². The molecule has 1 saturated heterocycles. The van der Waals surface area contributed by atoms with Crippen LogP contribution in [0.3, 0.4) is 0 Å². The van der Waals surface area contributed by atoms with Gasteiger partial charge in [-0.1, -0.05) is 24.3 Å². The Hall–Kier alpha value is -1.88. The first-order chi connectivity index (χ1) is 10.6. The van der Waals surface area contributed by atoms with Crippen LogP contribution in [-0.2, 0) is 14.3 Å². The number of carboxylic acid groups (broad SMARTS) is 1. The average Bonchev–Trinajstić information content (AvgIpc) is 2.47. The minimum absolute atomic E-state index is 0.0820. The lowest BCUT2D eigenvalue weighted by molar-refractivity contribution is -0.137.